The molecule has 21 heavy (non-hydrogen) atoms. The number of benzene rings is 1. The predicted octanol–water partition coefficient (Wildman–Crippen LogP) is 3.64. The molecule has 110 valence electrons. The largest absolute Gasteiger partial charge is 0.379 e. The third-order valence-corrected chi connectivity index (χ3v) is 4.05. The number of anilines is 2. The van der Waals surface area contributed by atoms with E-state index in [4.69, 9.17) is 0 Å². The third kappa shape index (κ3) is 2.84. The van der Waals surface area contributed by atoms with Crippen molar-refractivity contribution in [3.63, 3.8) is 0 Å². The zero-order valence-electron chi connectivity index (χ0n) is 12.4. The van der Waals surface area contributed by atoms with E-state index in [1.807, 2.05) is 43.3 Å². The van der Waals surface area contributed by atoms with Gasteiger partial charge in [-0.2, -0.15) is 0 Å². The molecule has 1 aliphatic carbocycles. The van der Waals surface area contributed by atoms with Crippen LogP contribution in [-0.2, 0) is 0 Å². The van der Waals surface area contributed by atoms with Crippen LogP contribution in [0.15, 0.2) is 42.6 Å². The molecule has 0 atom stereocenters. The number of halogens is 1. The molecule has 1 saturated carbocycles. The molecule has 1 N–H and O–H groups in total. The lowest BCUT2D eigenvalue weighted by Crippen LogP contribution is -2.35. The van der Waals surface area contributed by atoms with E-state index in [0.29, 0.717) is 12.0 Å². The number of pyridine rings is 1. The summed E-state index contributed by atoms with van der Waals surface area (Å²) in [6.07, 6.45) is 3.72. The molecule has 0 aliphatic heterocycles. The van der Waals surface area contributed by atoms with E-state index in [2.05, 4.69) is 10.3 Å². The van der Waals surface area contributed by atoms with E-state index < -0.39 is 0 Å². The average Bonchev–Trinajstić information content (AvgIpc) is 2.44. The summed E-state index contributed by atoms with van der Waals surface area (Å²) < 4.78 is 13.7. The minimum Gasteiger partial charge on any atom is -0.379 e. The van der Waals surface area contributed by atoms with E-state index in [9.17, 15) is 4.39 Å². The molecule has 1 aromatic heterocycles. The molecule has 3 rings (SSSR count). The SMILES string of the molecule is CN(C)c1ncccc1NC1CC(c2ccccc2F)C1. The lowest BCUT2D eigenvalue weighted by Gasteiger charge is -2.37. The van der Waals surface area contributed by atoms with Crippen LogP contribution in [0.2, 0.25) is 0 Å². The number of hydrogen-bond donors (Lipinski definition) is 1. The third-order valence-electron chi connectivity index (χ3n) is 4.05. The van der Waals surface area contributed by atoms with Gasteiger partial charge < -0.3 is 10.2 Å². The van der Waals surface area contributed by atoms with Crippen molar-refractivity contribution in [1.29, 1.82) is 0 Å². The summed E-state index contributed by atoms with van der Waals surface area (Å²) in [4.78, 5) is 6.38. The molecule has 1 fully saturated rings. The summed E-state index contributed by atoms with van der Waals surface area (Å²) >= 11 is 0. The first kappa shape index (κ1) is 13.9. The van der Waals surface area contributed by atoms with Gasteiger partial charge in [0.2, 0.25) is 0 Å². The summed E-state index contributed by atoms with van der Waals surface area (Å²) in [5, 5.41) is 3.52. The Morgan fingerprint density at radius 3 is 2.62 bits per heavy atom. The van der Waals surface area contributed by atoms with Gasteiger partial charge in [-0.25, -0.2) is 9.37 Å². The molecule has 0 radical (unpaired) electrons. The van der Waals surface area contributed by atoms with Crippen LogP contribution in [0.4, 0.5) is 15.9 Å². The normalized spacial score (nSPS) is 20.7. The first-order valence-electron chi connectivity index (χ1n) is 7.28. The second-order valence-electron chi connectivity index (χ2n) is 5.80. The molecule has 2 aromatic rings. The van der Waals surface area contributed by atoms with Crippen molar-refractivity contribution in [2.75, 3.05) is 24.3 Å². The zero-order valence-corrected chi connectivity index (χ0v) is 12.4. The standard InChI is InChI=1S/C17H20FN3/c1-21(2)17-16(8-5-9-19-17)20-13-10-12(11-13)14-6-3-4-7-15(14)18/h3-9,12-13,20H,10-11H2,1-2H3. The maximum atomic E-state index is 13.7. The molecule has 4 heteroatoms. The minimum absolute atomic E-state index is 0.0868. The van der Waals surface area contributed by atoms with Crippen molar-refractivity contribution >= 4 is 11.5 Å². The van der Waals surface area contributed by atoms with E-state index in [1.165, 1.54) is 0 Å². The maximum Gasteiger partial charge on any atom is 0.151 e. The Balaban J connectivity index is 1.64. The van der Waals surface area contributed by atoms with Crippen molar-refractivity contribution in [2.45, 2.75) is 24.8 Å². The molecular weight excluding hydrogens is 265 g/mol. The van der Waals surface area contributed by atoms with Gasteiger partial charge in [-0.3, -0.25) is 0 Å². The van der Waals surface area contributed by atoms with Gasteiger partial charge in [0.25, 0.3) is 0 Å². The highest BCUT2D eigenvalue weighted by atomic mass is 19.1. The van der Waals surface area contributed by atoms with Crippen molar-refractivity contribution in [1.82, 2.24) is 4.98 Å². The fraction of sp³-hybridized carbons (Fsp3) is 0.353. The lowest BCUT2D eigenvalue weighted by atomic mass is 9.75. The van der Waals surface area contributed by atoms with Gasteiger partial charge in [-0.1, -0.05) is 18.2 Å². The highest BCUT2D eigenvalue weighted by Gasteiger charge is 2.32. The molecular formula is C17H20FN3. The van der Waals surface area contributed by atoms with Crippen molar-refractivity contribution in [3.05, 3.63) is 54.0 Å². The van der Waals surface area contributed by atoms with E-state index >= 15 is 0 Å². The lowest BCUT2D eigenvalue weighted by molar-refractivity contribution is 0.363. The van der Waals surface area contributed by atoms with E-state index in [0.717, 1.165) is 29.9 Å². The number of hydrogen-bond acceptors (Lipinski definition) is 3. The first-order valence-corrected chi connectivity index (χ1v) is 7.28. The van der Waals surface area contributed by atoms with E-state index in [1.54, 1.807) is 18.3 Å². The summed E-state index contributed by atoms with van der Waals surface area (Å²) in [6, 6.07) is 11.4. The number of nitrogens with one attached hydrogen (secondary N) is 1. The van der Waals surface area contributed by atoms with Gasteiger partial charge in [-0.05, 0) is 42.5 Å². The molecule has 1 heterocycles. The van der Waals surface area contributed by atoms with Crippen LogP contribution in [0, 0.1) is 5.82 Å². The number of nitrogens with zero attached hydrogens (tertiary/aromatic N) is 2. The van der Waals surface area contributed by atoms with Gasteiger partial charge >= 0.3 is 0 Å². The topological polar surface area (TPSA) is 28.2 Å². The minimum atomic E-state index is -0.0868. The van der Waals surface area contributed by atoms with Crippen molar-refractivity contribution in [2.24, 2.45) is 0 Å². The molecule has 0 unspecified atom stereocenters. The second-order valence-corrected chi connectivity index (χ2v) is 5.80. The smallest absolute Gasteiger partial charge is 0.151 e. The van der Waals surface area contributed by atoms with Gasteiger partial charge in [0.15, 0.2) is 5.82 Å². The van der Waals surface area contributed by atoms with Gasteiger partial charge in [0.05, 0.1) is 5.69 Å². The number of aromatic nitrogens is 1. The highest BCUT2D eigenvalue weighted by Crippen LogP contribution is 2.40. The summed E-state index contributed by atoms with van der Waals surface area (Å²) in [6.45, 7) is 0. The number of rotatable bonds is 4. The van der Waals surface area contributed by atoms with Crippen LogP contribution in [0.3, 0.4) is 0 Å². The Morgan fingerprint density at radius 1 is 1.14 bits per heavy atom. The molecule has 0 amide bonds. The molecule has 0 spiro atoms. The molecule has 0 bridgehead atoms. The van der Waals surface area contributed by atoms with Crippen molar-refractivity contribution < 1.29 is 4.39 Å². The molecule has 3 nitrogen and oxygen atoms in total. The van der Waals surface area contributed by atoms with E-state index in [-0.39, 0.29) is 5.82 Å². The first-order chi connectivity index (χ1) is 10.1. The van der Waals surface area contributed by atoms with Crippen molar-refractivity contribution in [3.8, 4) is 0 Å². The van der Waals surface area contributed by atoms with Crippen LogP contribution in [0.25, 0.3) is 0 Å². The zero-order chi connectivity index (χ0) is 14.8. The van der Waals surface area contributed by atoms with Gasteiger partial charge in [-0.15, -0.1) is 0 Å². The van der Waals surface area contributed by atoms with Crippen LogP contribution in [0.5, 0.6) is 0 Å². The highest BCUT2D eigenvalue weighted by molar-refractivity contribution is 5.65. The average molecular weight is 285 g/mol. The Labute approximate surface area is 124 Å². The fourth-order valence-corrected chi connectivity index (χ4v) is 2.88. The van der Waals surface area contributed by atoms with Crippen LogP contribution >= 0.6 is 0 Å². The monoisotopic (exact) mass is 285 g/mol. The molecule has 1 aromatic carbocycles. The maximum absolute atomic E-state index is 13.7. The summed E-state index contributed by atoms with van der Waals surface area (Å²) in [7, 11) is 3.97. The molecule has 0 saturated heterocycles. The molecule has 1 aliphatic rings. The summed E-state index contributed by atoms with van der Waals surface area (Å²) in [5.41, 5.74) is 1.88. The quantitative estimate of drug-likeness (QED) is 0.929. The van der Waals surface area contributed by atoms with Gasteiger partial charge in [0, 0.05) is 26.3 Å². The Kier molecular flexibility index (Phi) is 3.78. The predicted molar refractivity (Wildman–Crippen MR) is 84.3 cm³/mol. The van der Waals surface area contributed by atoms with Crippen LogP contribution in [-0.4, -0.2) is 25.1 Å². The fourth-order valence-electron chi connectivity index (χ4n) is 2.88. The second kappa shape index (κ2) is 5.72. The Bertz CT molecular complexity index is 621. The summed E-state index contributed by atoms with van der Waals surface area (Å²) in [5.74, 6) is 1.17. The Morgan fingerprint density at radius 2 is 1.90 bits per heavy atom. The van der Waals surface area contributed by atoms with Crippen LogP contribution in [0.1, 0.15) is 24.3 Å². The van der Waals surface area contributed by atoms with Crippen LogP contribution < -0.4 is 10.2 Å². The Hall–Kier alpha value is -2.10. The van der Waals surface area contributed by atoms with Gasteiger partial charge in [0.1, 0.15) is 5.82 Å².